The summed E-state index contributed by atoms with van der Waals surface area (Å²) in [6.45, 7) is 3.07. The first-order valence-corrected chi connectivity index (χ1v) is 9.29. The molecular weight excluding hydrogens is 272 g/mol. The predicted molar refractivity (Wildman–Crippen MR) is 95.5 cm³/mol. The highest BCUT2D eigenvalue weighted by atomic mass is 16.3. The number of unbranched alkanes of at least 4 members (excludes halogenated alkanes) is 9. The third-order valence-corrected chi connectivity index (χ3v) is 4.40. The molecule has 0 amide bonds. The fraction of sp³-hybridized carbons (Fsp3) is 0.789. The van der Waals surface area contributed by atoms with Gasteiger partial charge in [-0.1, -0.05) is 57.1 Å². The molecule has 1 rings (SSSR count). The van der Waals surface area contributed by atoms with Gasteiger partial charge < -0.3 is 15.3 Å². The minimum atomic E-state index is 0.233. The summed E-state index contributed by atoms with van der Waals surface area (Å²) in [6, 6.07) is 0. The smallest absolute Gasteiger partial charge is 0.0982 e. The van der Waals surface area contributed by atoms with Gasteiger partial charge >= 0.3 is 0 Å². The molecule has 0 aliphatic carbocycles. The van der Waals surface area contributed by atoms with Crippen LogP contribution in [0.2, 0.25) is 0 Å². The number of rotatable bonds is 14. The lowest BCUT2D eigenvalue weighted by Gasteiger charge is -2.24. The molecule has 128 valence electrons. The van der Waals surface area contributed by atoms with Gasteiger partial charge in [0, 0.05) is 18.9 Å². The van der Waals surface area contributed by atoms with Gasteiger partial charge in [-0.3, -0.25) is 0 Å². The molecule has 0 radical (unpaired) electrons. The van der Waals surface area contributed by atoms with E-state index >= 15 is 0 Å². The Morgan fingerprint density at radius 2 is 1.64 bits per heavy atom. The molecule has 0 aromatic rings. The number of aliphatic hydroxyl groups is 1. The van der Waals surface area contributed by atoms with Gasteiger partial charge in [-0.2, -0.15) is 0 Å². The van der Waals surface area contributed by atoms with Crippen LogP contribution < -0.4 is 5.32 Å². The highest BCUT2D eigenvalue weighted by Gasteiger charge is 2.16. The van der Waals surface area contributed by atoms with E-state index in [-0.39, 0.29) is 6.61 Å². The lowest BCUT2D eigenvalue weighted by molar-refractivity contribution is 0.194. The summed E-state index contributed by atoms with van der Waals surface area (Å²) in [7, 11) is 0. The van der Waals surface area contributed by atoms with Crippen molar-refractivity contribution in [1.82, 2.24) is 10.2 Å². The Kier molecular flexibility index (Phi) is 11.9. The Hall–Kier alpha value is -0.960. The number of hydrogen-bond donors (Lipinski definition) is 2. The summed E-state index contributed by atoms with van der Waals surface area (Å²) >= 11 is 0. The van der Waals surface area contributed by atoms with E-state index in [1.54, 1.807) is 0 Å². The fourth-order valence-electron chi connectivity index (χ4n) is 3.05. The minimum Gasteiger partial charge on any atom is -0.395 e. The standard InChI is InChI=1S/C19H36N2O/c1-2-3-4-5-6-7-8-9-10-11-12-13-14-19-20-15-16-21(19)17-18-22/h2-3,15-16,19-20,22H,4-14,17-18H2,1H3/b3-2+. The molecule has 0 bridgehead atoms. The van der Waals surface area contributed by atoms with Gasteiger partial charge in [0.1, 0.15) is 0 Å². The van der Waals surface area contributed by atoms with Gasteiger partial charge in [0.25, 0.3) is 0 Å². The van der Waals surface area contributed by atoms with Crippen molar-refractivity contribution in [2.24, 2.45) is 0 Å². The maximum Gasteiger partial charge on any atom is 0.0982 e. The zero-order valence-electron chi connectivity index (χ0n) is 14.5. The molecule has 1 atom stereocenters. The van der Waals surface area contributed by atoms with Crippen molar-refractivity contribution in [2.75, 3.05) is 13.2 Å². The van der Waals surface area contributed by atoms with Crippen molar-refractivity contribution in [2.45, 2.75) is 83.7 Å². The summed E-state index contributed by atoms with van der Waals surface area (Å²) in [5.41, 5.74) is 0. The number of aliphatic hydroxyl groups excluding tert-OH is 1. The van der Waals surface area contributed by atoms with Crippen LogP contribution in [-0.4, -0.2) is 29.3 Å². The second kappa shape index (κ2) is 13.7. The van der Waals surface area contributed by atoms with Crippen LogP contribution >= 0.6 is 0 Å². The van der Waals surface area contributed by atoms with Gasteiger partial charge in [-0.15, -0.1) is 0 Å². The molecule has 0 spiro atoms. The molecule has 1 aliphatic rings. The van der Waals surface area contributed by atoms with E-state index < -0.39 is 0 Å². The van der Waals surface area contributed by atoms with Gasteiger partial charge in [0.2, 0.25) is 0 Å². The van der Waals surface area contributed by atoms with Crippen molar-refractivity contribution in [3.63, 3.8) is 0 Å². The Morgan fingerprint density at radius 1 is 1.00 bits per heavy atom. The quantitative estimate of drug-likeness (QED) is 0.365. The van der Waals surface area contributed by atoms with Crippen LogP contribution in [0.15, 0.2) is 24.6 Å². The molecule has 0 fully saturated rings. The van der Waals surface area contributed by atoms with Crippen LogP contribution in [0.25, 0.3) is 0 Å². The lowest BCUT2D eigenvalue weighted by Crippen LogP contribution is -2.36. The third-order valence-electron chi connectivity index (χ3n) is 4.40. The maximum absolute atomic E-state index is 9.01. The first-order chi connectivity index (χ1) is 10.9. The van der Waals surface area contributed by atoms with Crippen molar-refractivity contribution < 1.29 is 5.11 Å². The van der Waals surface area contributed by atoms with Crippen molar-refractivity contribution in [3.8, 4) is 0 Å². The average molecular weight is 309 g/mol. The largest absolute Gasteiger partial charge is 0.395 e. The average Bonchev–Trinajstić information content (AvgIpc) is 2.96. The Morgan fingerprint density at radius 3 is 2.27 bits per heavy atom. The molecule has 3 heteroatoms. The molecule has 1 aliphatic heterocycles. The van der Waals surface area contributed by atoms with E-state index in [1.807, 2.05) is 6.20 Å². The summed E-state index contributed by atoms with van der Waals surface area (Å²) in [4.78, 5) is 2.20. The summed E-state index contributed by atoms with van der Waals surface area (Å²) in [5.74, 6) is 0. The van der Waals surface area contributed by atoms with Gasteiger partial charge in [-0.25, -0.2) is 0 Å². The molecule has 0 saturated heterocycles. The first-order valence-electron chi connectivity index (χ1n) is 9.29. The summed E-state index contributed by atoms with van der Waals surface area (Å²) in [5, 5.41) is 12.4. The lowest BCUT2D eigenvalue weighted by atomic mass is 10.0. The molecule has 1 heterocycles. The van der Waals surface area contributed by atoms with Crippen molar-refractivity contribution >= 4 is 0 Å². The fourth-order valence-corrected chi connectivity index (χ4v) is 3.05. The Labute approximate surface area is 137 Å². The van der Waals surface area contributed by atoms with Crippen LogP contribution in [-0.2, 0) is 0 Å². The van der Waals surface area contributed by atoms with Crippen LogP contribution in [0.5, 0.6) is 0 Å². The normalized spacial score (nSPS) is 17.5. The van der Waals surface area contributed by atoms with E-state index in [2.05, 4.69) is 35.5 Å². The predicted octanol–water partition coefficient (Wildman–Crippen LogP) is 4.55. The third kappa shape index (κ3) is 9.14. The Balaban J connectivity index is 1.82. The van der Waals surface area contributed by atoms with Crippen LogP contribution in [0, 0.1) is 0 Å². The summed E-state index contributed by atoms with van der Waals surface area (Å²) in [6.07, 6.45) is 23.7. The van der Waals surface area contributed by atoms with Gasteiger partial charge in [-0.05, 0) is 32.6 Å². The van der Waals surface area contributed by atoms with Crippen molar-refractivity contribution in [1.29, 1.82) is 0 Å². The molecule has 3 nitrogen and oxygen atoms in total. The first kappa shape index (κ1) is 19.1. The minimum absolute atomic E-state index is 0.233. The second-order valence-corrected chi connectivity index (χ2v) is 6.29. The molecule has 0 aromatic heterocycles. The molecule has 0 aromatic carbocycles. The number of β-amino-alcohol motifs (C(OH)–C–C–N with tert-alkyl or cyclic N) is 1. The maximum atomic E-state index is 9.01. The number of nitrogens with zero attached hydrogens (tertiary/aromatic N) is 1. The zero-order valence-corrected chi connectivity index (χ0v) is 14.5. The highest BCUT2D eigenvalue weighted by molar-refractivity contribution is 4.93. The zero-order chi connectivity index (χ0) is 15.9. The molecular formula is C19H36N2O. The second-order valence-electron chi connectivity index (χ2n) is 6.29. The topological polar surface area (TPSA) is 35.5 Å². The molecule has 22 heavy (non-hydrogen) atoms. The van der Waals surface area contributed by atoms with Gasteiger partial charge in [0.15, 0.2) is 0 Å². The van der Waals surface area contributed by atoms with E-state index in [9.17, 15) is 0 Å². The summed E-state index contributed by atoms with van der Waals surface area (Å²) < 4.78 is 0. The van der Waals surface area contributed by atoms with Crippen LogP contribution in [0.4, 0.5) is 0 Å². The molecule has 0 saturated carbocycles. The van der Waals surface area contributed by atoms with E-state index in [1.165, 1.54) is 70.6 Å². The van der Waals surface area contributed by atoms with Crippen molar-refractivity contribution in [3.05, 3.63) is 24.6 Å². The highest BCUT2D eigenvalue weighted by Crippen LogP contribution is 2.15. The van der Waals surface area contributed by atoms with E-state index in [0.717, 1.165) is 6.54 Å². The SMILES string of the molecule is C/C=C/CCCCCCCCCCCC1NC=CN1CCO. The number of hydrogen-bond acceptors (Lipinski definition) is 3. The van der Waals surface area contributed by atoms with Crippen LogP contribution in [0.3, 0.4) is 0 Å². The van der Waals surface area contributed by atoms with E-state index in [0.29, 0.717) is 6.17 Å². The number of allylic oxidation sites excluding steroid dienone is 2. The number of nitrogens with one attached hydrogen (secondary N) is 1. The van der Waals surface area contributed by atoms with Crippen LogP contribution in [0.1, 0.15) is 77.6 Å². The molecule has 2 N–H and O–H groups in total. The Bertz CT molecular complexity index is 302. The monoisotopic (exact) mass is 308 g/mol. The van der Waals surface area contributed by atoms with Gasteiger partial charge in [0.05, 0.1) is 12.8 Å². The molecule has 1 unspecified atom stereocenters. The van der Waals surface area contributed by atoms with E-state index in [4.69, 9.17) is 5.11 Å².